The van der Waals surface area contributed by atoms with Crippen molar-refractivity contribution >= 4 is 12.2 Å². The predicted octanol–water partition coefficient (Wildman–Crippen LogP) is 0.0632. The lowest BCUT2D eigenvalue weighted by Crippen LogP contribution is -2.30. The molecule has 5 nitrogen and oxygen atoms in total. The number of hydrogen-bond acceptors (Lipinski definition) is 3. The highest BCUT2D eigenvalue weighted by molar-refractivity contribution is 5.78. The van der Waals surface area contributed by atoms with Crippen molar-refractivity contribution in [2.45, 2.75) is 6.54 Å². The third kappa shape index (κ3) is 3.55. The molecule has 1 aromatic heterocycles. The average Bonchev–Trinajstić information content (AvgIpc) is 2.65. The van der Waals surface area contributed by atoms with Gasteiger partial charge in [0.15, 0.2) is 6.29 Å². The second kappa shape index (κ2) is 5.98. The van der Waals surface area contributed by atoms with E-state index in [0.29, 0.717) is 18.8 Å². The van der Waals surface area contributed by atoms with Gasteiger partial charge in [0.2, 0.25) is 5.91 Å². The fourth-order valence-corrected chi connectivity index (χ4v) is 1.18. The maximum Gasteiger partial charge on any atom is 0.240 e. The molecule has 82 valence electrons. The maximum absolute atomic E-state index is 11.3. The van der Waals surface area contributed by atoms with Crippen molar-refractivity contribution in [2.24, 2.45) is 0 Å². The van der Waals surface area contributed by atoms with Gasteiger partial charge in [0.05, 0.1) is 12.3 Å². The fourth-order valence-electron chi connectivity index (χ4n) is 1.18. The van der Waals surface area contributed by atoms with Crippen molar-refractivity contribution in [1.82, 2.24) is 9.88 Å². The number of amides is 1. The SMILES string of the molecule is COCCNC(=O)Cn1cccc1C=O. The minimum Gasteiger partial charge on any atom is -0.383 e. The number of carbonyl (C=O) groups excluding carboxylic acids is 2. The van der Waals surface area contributed by atoms with Crippen LogP contribution in [0.25, 0.3) is 0 Å². The Morgan fingerprint density at radius 2 is 2.47 bits per heavy atom. The minimum atomic E-state index is -0.133. The van der Waals surface area contributed by atoms with Crippen LogP contribution >= 0.6 is 0 Å². The Hall–Kier alpha value is -1.62. The van der Waals surface area contributed by atoms with Gasteiger partial charge in [-0.05, 0) is 12.1 Å². The zero-order chi connectivity index (χ0) is 11.1. The van der Waals surface area contributed by atoms with Gasteiger partial charge in [-0.25, -0.2) is 0 Å². The summed E-state index contributed by atoms with van der Waals surface area (Å²) in [7, 11) is 1.57. The van der Waals surface area contributed by atoms with Crippen LogP contribution in [-0.4, -0.2) is 37.0 Å². The lowest BCUT2D eigenvalue weighted by atomic mass is 10.4. The van der Waals surface area contributed by atoms with Gasteiger partial charge < -0.3 is 14.6 Å². The predicted molar refractivity (Wildman–Crippen MR) is 54.7 cm³/mol. The first-order valence-electron chi connectivity index (χ1n) is 4.64. The minimum absolute atomic E-state index is 0.133. The van der Waals surface area contributed by atoms with E-state index in [1.807, 2.05) is 0 Å². The maximum atomic E-state index is 11.3. The van der Waals surface area contributed by atoms with Crippen LogP contribution in [-0.2, 0) is 16.1 Å². The Labute approximate surface area is 88.0 Å². The Bertz CT molecular complexity index is 333. The molecule has 0 saturated carbocycles. The van der Waals surface area contributed by atoms with Crippen LogP contribution in [0.4, 0.5) is 0 Å². The first-order chi connectivity index (χ1) is 7.27. The molecule has 5 heteroatoms. The molecule has 0 bridgehead atoms. The van der Waals surface area contributed by atoms with Crippen LogP contribution in [0, 0.1) is 0 Å². The van der Waals surface area contributed by atoms with Gasteiger partial charge in [0.25, 0.3) is 0 Å². The summed E-state index contributed by atoms with van der Waals surface area (Å²) in [6, 6.07) is 3.39. The van der Waals surface area contributed by atoms with Crippen LogP contribution < -0.4 is 5.32 Å². The van der Waals surface area contributed by atoms with E-state index in [1.54, 1.807) is 30.0 Å². The van der Waals surface area contributed by atoms with Crippen LogP contribution in [0.5, 0.6) is 0 Å². The first kappa shape index (κ1) is 11.5. The molecule has 0 aliphatic carbocycles. The molecule has 0 aliphatic heterocycles. The molecule has 0 radical (unpaired) electrons. The lowest BCUT2D eigenvalue weighted by molar-refractivity contribution is -0.121. The smallest absolute Gasteiger partial charge is 0.240 e. The number of rotatable bonds is 6. The van der Waals surface area contributed by atoms with E-state index in [0.717, 1.165) is 6.29 Å². The van der Waals surface area contributed by atoms with E-state index in [2.05, 4.69) is 5.32 Å². The molecule has 0 aromatic carbocycles. The van der Waals surface area contributed by atoms with E-state index in [9.17, 15) is 9.59 Å². The Morgan fingerprint density at radius 3 is 3.13 bits per heavy atom. The normalized spacial score (nSPS) is 9.93. The summed E-state index contributed by atoms with van der Waals surface area (Å²) in [5.74, 6) is -0.133. The molecule has 1 N–H and O–H groups in total. The van der Waals surface area contributed by atoms with Crippen LogP contribution in [0.3, 0.4) is 0 Å². The molecule has 1 heterocycles. The summed E-state index contributed by atoms with van der Waals surface area (Å²) in [5, 5.41) is 2.67. The van der Waals surface area contributed by atoms with Crippen molar-refractivity contribution < 1.29 is 14.3 Å². The Morgan fingerprint density at radius 1 is 1.67 bits per heavy atom. The zero-order valence-electron chi connectivity index (χ0n) is 8.60. The van der Waals surface area contributed by atoms with Crippen molar-refractivity contribution in [3.63, 3.8) is 0 Å². The summed E-state index contributed by atoms with van der Waals surface area (Å²) in [6.45, 7) is 1.12. The monoisotopic (exact) mass is 210 g/mol. The number of hydrogen-bond donors (Lipinski definition) is 1. The van der Waals surface area contributed by atoms with Gasteiger partial charge >= 0.3 is 0 Å². The van der Waals surface area contributed by atoms with E-state index in [-0.39, 0.29) is 12.5 Å². The molecular weight excluding hydrogens is 196 g/mol. The van der Waals surface area contributed by atoms with Crippen molar-refractivity contribution in [2.75, 3.05) is 20.3 Å². The molecule has 15 heavy (non-hydrogen) atoms. The van der Waals surface area contributed by atoms with Crippen LogP contribution in [0.2, 0.25) is 0 Å². The van der Waals surface area contributed by atoms with Crippen molar-refractivity contribution in [3.8, 4) is 0 Å². The molecular formula is C10H14N2O3. The molecule has 0 aliphatic rings. The molecule has 1 aromatic rings. The van der Waals surface area contributed by atoms with Crippen LogP contribution in [0.1, 0.15) is 10.5 Å². The van der Waals surface area contributed by atoms with E-state index in [1.165, 1.54) is 0 Å². The number of ether oxygens (including phenoxy) is 1. The molecule has 1 amide bonds. The summed E-state index contributed by atoms with van der Waals surface area (Å²) >= 11 is 0. The van der Waals surface area contributed by atoms with Crippen molar-refractivity contribution in [1.29, 1.82) is 0 Å². The van der Waals surface area contributed by atoms with Gasteiger partial charge in [0, 0.05) is 19.9 Å². The topological polar surface area (TPSA) is 60.3 Å². The number of methoxy groups -OCH3 is 1. The largest absolute Gasteiger partial charge is 0.383 e. The molecule has 0 saturated heterocycles. The standard InChI is InChI=1S/C10H14N2O3/c1-15-6-4-11-10(14)7-12-5-2-3-9(12)8-13/h2-3,5,8H,4,6-7H2,1H3,(H,11,14). The Balaban J connectivity index is 2.40. The first-order valence-corrected chi connectivity index (χ1v) is 4.64. The van der Waals surface area contributed by atoms with Gasteiger partial charge in [0.1, 0.15) is 6.54 Å². The lowest BCUT2D eigenvalue weighted by Gasteiger charge is -2.06. The highest BCUT2D eigenvalue weighted by Crippen LogP contribution is 1.98. The number of aldehydes is 1. The highest BCUT2D eigenvalue weighted by Gasteiger charge is 2.04. The number of nitrogens with zero attached hydrogens (tertiary/aromatic N) is 1. The zero-order valence-corrected chi connectivity index (χ0v) is 8.60. The highest BCUT2D eigenvalue weighted by atomic mass is 16.5. The summed E-state index contributed by atoms with van der Waals surface area (Å²) < 4.78 is 6.39. The second-order valence-electron chi connectivity index (χ2n) is 3.02. The Kier molecular flexibility index (Phi) is 4.56. The third-order valence-corrected chi connectivity index (χ3v) is 1.93. The molecule has 0 spiro atoms. The fraction of sp³-hybridized carbons (Fsp3) is 0.400. The van der Waals surface area contributed by atoms with E-state index in [4.69, 9.17) is 4.74 Å². The van der Waals surface area contributed by atoms with Crippen LogP contribution in [0.15, 0.2) is 18.3 Å². The van der Waals surface area contributed by atoms with Gasteiger partial charge in [-0.1, -0.05) is 0 Å². The molecule has 0 atom stereocenters. The summed E-state index contributed by atoms with van der Waals surface area (Å²) in [4.78, 5) is 21.9. The average molecular weight is 210 g/mol. The quantitative estimate of drug-likeness (QED) is 0.533. The summed E-state index contributed by atoms with van der Waals surface area (Å²) in [6.07, 6.45) is 2.42. The van der Waals surface area contributed by atoms with Gasteiger partial charge in [-0.2, -0.15) is 0 Å². The third-order valence-electron chi connectivity index (χ3n) is 1.93. The van der Waals surface area contributed by atoms with Gasteiger partial charge in [-0.3, -0.25) is 9.59 Å². The molecule has 0 unspecified atom stereocenters. The van der Waals surface area contributed by atoms with E-state index >= 15 is 0 Å². The molecule has 1 rings (SSSR count). The number of aromatic nitrogens is 1. The van der Waals surface area contributed by atoms with E-state index < -0.39 is 0 Å². The van der Waals surface area contributed by atoms with Gasteiger partial charge in [-0.15, -0.1) is 0 Å². The summed E-state index contributed by atoms with van der Waals surface area (Å²) in [5.41, 5.74) is 0.497. The number of carbonyl (C=O) groups is 2. The van der Waals surface area contributed by atoms with Crippen molar-refractivity contribution in [3.05, 3.63) is 24.0 Å². The second-order valence-corrected chi connectivity index (χ2v) is 3.02. The number of nitrogens with one attached hydrogen (secondary N) is 1. The molecule has 0 fully saturated rings.